The summed E-state index contributed by atoms with van der Waals surface area (Å²) in [5.41, 5.74) is 2.27. The van der Waals surface area contributed by atoms with Crippen molar-refractivity contribution in [2.75, 3.05) is 20.8 Å². The van der Waals surface area contributed by atoms with Crippen LogP contribution in [0.3, 0.4) is 0 Å². The minimum atomic E-state index is 0.235. The van der Waals surface area contributed by atoms with Crippen LogP contribution in [0.5, 0.6) is 23.0 Å². The highest BCUT2D eigenvalue weighted by Crippen LogP contribution is 2.37. The van der Waals surface area contributed by atoms with E-state index in [2.05, 4.69) is 0 Å². The fraction of sp³-hybridized carbons (Fsp3) is 0.294. The van der Waals surface area contributed by atoms with Crippen LogP contribution in [-0.2, 0) is 6.42 Å². The van der Waals surface area contributed by atoms with E-state index in [9.17, 15) is 5.11 Å². The summed E-state index contributed by atoms with van der Waals surface area (Å²) in [4.78, 5) is 0. The van der Waals surface area contributed by atoms with E-state index in [1.807, 2.05) is 24.3 Å². The van der Waals surface area contributed by atoms with E-state index in [4.69, 9.17) is 14.2 Å². The number of aromatic hydroxyl groups is 1. The highest BCUT2D eigenvalue weighted by molar-refractivity contribution is 5.46. The molecule has 0 radical (unpaired) electrons. The Bertz CT molecular complexity index is 651. The second-order valence-corrected chi connectivity index (χ2v) is 5.12. The summed E-state index contributed by atoms with van der Waals surface area (Å²) in [6, 6.07) is 11.2. The van der Waals surface area contributed by atoms with Crippen molar-refractivity contribution >= 4 is 0 Å². The third kappa shape index (κ3) is 2.61. The van der Waals surface area contributed by atoms with Crippen molar-refractivity contribution in [3.8, 4) is 23.0 Å². The molecule has 0 aromatic heterocycles. The van der Waals surface area contributed by atoms with Crippen LogP contribution >= 0.6 is 0 Å². The van der Waals surface area contributed by atoms with Gasteiger partial charge in [-0.25, -0.2) is 0 Å². The van der Waals surface area contributed by atoms with Gasteiger partial charge in [0.05, 0.1) is 20.8 Å². The summed E-state index contributed by atoms with van der Waals surface area (Å²) < 4.78 is 16.4. The fourth-order valence-corrected chi connectivity index (χ4v) is 2.68. The second kappa shape index (κ2) is 5.56. The first-order valence-corrected chi connectivity index (χ1v) is 6.88. The molecule has 0 saturated heterocycles. The van der Waals surface area contributed by atoms with E-state index in [0.29, 0.717) is 6.61 Å². The van der Waals surface area contributed by atoms with Crippen LogP contribution in [0.2, 0.25) is 0 Å². The maximum Gasteiger partial charge on any atom is 0.160 e. The molecular weight excluding hydrogens is 268 g/mol. The minimum absolute atomic E-state index is 0.235. The molecule has 0 saturated carbocycles. The number of ether oxygens (including phenoxy) is 3. The SMILES string of the molecule is COc1ccc(C2COc3cc(O)ccc3C2)cc1OC. The maximum atomic E-state index is 9.49. The van der Waals surface area contributed by atoms with Gasteiger partial charge in [-0.2, -0.15) is 0 Å². The Balaban J connectivity index is 1.87. The molecule has 1 unspecified atom stereocenters. The van der Waals surface area contributed by atoms with Crippen molar-refractivity contribution in [1.82, 2.24) is 0 Å². The molecule has 1 atom stereocenters. The number of methoxy groups -OCH3 is 2. The van der Waals surface area contributed by atoms with Crippen LogP contribution in [-0.4, -0.2) is 25.9 Å². The van der Waals surface area contributed by atoms with E-state index >= 15 is 0 Å². The molecular formula is C17H18O4. The molecule has 2 aromatic carbocycles. The van der Waals surface area contributed by atoms with Gasteiger partial charge >= 0.3 is 0 Å². The van der Waals surface area contributed by atoms with E-state index in [-0.39, 0.29) is 11.7 Å². The number of rotatable bonds is 3. The molecule has 1 aliphatic rings. The first kappa shape index (κ1) is 13.6. The van der Waals surface area contributed by atoms with Crippen molar-refractivity contribution in [3.63, 3.8) is 0 Å². The van der Waals surface area contributed by atoms with Crippen LogP contribution in [0, 0.1) is 0 Å². The van der Waals surface area contributed by atoms with Gasteiger partial charge in [0.15, 0.2) is 11.5 Å². The highest BCUT2D eigenvalue weighted by atomic mass is 16.5. The average Bonchev–Trinajstić information content (AvgIpc) is 2.53. The third-order valence-corrected chi connectivity index (χ3v) is 3.84. The molecule has 21 heavy (non-hydrogen) atoms. The molecule has 0 aliphatic carbocycles. The Kier molecular flexibility index (Phi) is 3.60. The van der Waals surface area contributed by atoms with Crippen molar-refractivity contribution < 1.29 is 19.3 Å². The fourth-order valence-electron chi connectivity index (χ4n) is 2.68. The van der Waals surface area contributed by atoms with Gasteiger partial charge < -0.3 is 19.3 Å². The first-order valence-electron chi connectivity index (χ1n) is 6.88. The third-order valence-electron chi connectivity index (χ3n) is 3.84. The number of hydrogen-bond donors (Lipinski definition) is 1. The number of phenols is 1. The minimum Gasteiger partial charge on any atom is -0.508 e. The molecule has 3 rings (SSSR count). The van der Waals surface area contributed by atoms with Crippen LogP contribution in [0.15, 0.2) is 36.4 Å². The van der Waals surface area contributed by atoms with Gasteiger partial charge in [0.25, 0.3) is 0 Å². The molecule has 0 bridgehead atoms. The molecule has 1 aliphatic heterocycles. The lowest BCUT2D eigenvalue weighted by Crippen LogP contribution is -2.19. The molecule has 4 heteroatoms. The van der Waals surface area contributed by atoms with Crippen LogP contribution in [0.25, 0.3) is 0 Å². The average molecular weight is 286 g/mol. The smallest absolute Gasteiger partial charge is 0.160 e. The zero-order valence-electron chi connectivity index (χ0n) is 12.1. The van der Waals surface area contributed by atoms with Crippen molar-refractivity contribution in [2.45, 2.75) is 12.3 Å². The summed E-state index contributed by atoms with van der Waals surface area (Å²) in [5, 5.41) is 9.49. The topological polar surface area (TPSA) is 47.9 Å². The van der Waals surface area contributed by atoms with Gasteiger partial charge in [-0.05, 0) is 35.7 Å². The zero-order valence-corrected chi connectivity index (χ0v) is 12.1. The summed E-state index contributed by atoms with van der Waals surface area (Å²) in [7, 11) is 3.26. The predicted molar refractivity (Wildman–Crippen MR) is 79.6 cm³/mol. The summed E-state index contributed by atoms with van der Waals surface area (Å²) in [6.45, 7) is 0.589. The van der Waals surface area contributed by atoms with Crippen molar-refractivity contribution in [3.05, 3.63) is 47.5 Å². The monoisotopic (exact) mass is 286 g/mol. The van der Waals surface area contributed by atoms with Crippen molar-refractivity contribution in [2.24, 2.45) is 0 Å². The largest absolute Gasteiger partial charge is 0.508 e. The van der Waals surface area contributed by atoms with Gasteiger partial charge in [-0.3, -0.25) is 0 Å². The summed E-state index contributed by atoms with van der Waals surface area (Å²) in [6.07, 6.45) is 0.880. The Morgan fingerprint density at radius 2 is 1.86 bits per heavy atom. The van der Waals surface area contributed by atoms with E-state index in [1.165, 1.54) is 0 Å². The molecule has 110 valence electrons. The molecule has 4 nitrogen and oxygen atoms in total. The lowest BCUT2D eigenvalue weighted by molar-refractivity contribution is 0.260. The second-order valence-electron chi connectivity index (χ2n) is 5.12. The normalized spacial score (nSPS) is 16.8. The quantitative estimate of drug-likeness (QED) is 0.941. The Morgan fingerprint density at radius 3 is 2.62 bits per heavy atom. The highest BCUT2D eigenvalue weighted by Gasteiger charge is 2.22. The Labute approximate surface area is 123 Å². The molecule has 0 fully saturated rings. The van der Waals surface area contributed by atoms with Crippen LogP contribution in [0.4, 0.5) is 0 Å². The Hall–Kier alpha value is -2.36. The van der Waals surface area contributed by atoms with Gasteiger partial charge in [0.1, 0.15) is 11.5 Å². The standard InChI is InChI=1S/C17H18O4/c1-19-15-6-4-11(8-17(15)20-2)13-7-12-3-5-14(18)9-16(12)21-10-13/h3-6,8-9,13,18H,7,10H2,1-2H3. The van der Waals surface area contributed by atoms with E-state index in [1.54, 1.807) is 26.4 Å². The number of fused-ring (bicyclic) bond motifs is 1. The molecule has 0 spiro atoms. The zero-order chi connectivity index (χ0) is 14.8. The van der Waals surface area contributed by atoms with Gasteiger partial charge in [0, 0.05) is 12.0 Å². The predicted octanol–water partition coefficient (Wildman–Crippen LogP) is 3.13. The first-order chi connectivity index (χ1) is 10.2. The lowest BCUT2D eigenvalue weighted by Gasteiger charge is -2.26. The molecule has 0 amide bonds. The molecule has 2 aromatic rings. The van der Waals surface area contributed by atoms with Crippen LogP contribution in [0.1, 0.15) is 17.0 Å². The van der Waals surface area contributed by atoms with E-state index in [0.717, 1.165) is 34.8 Å². The van der Waals surface area contributed by atoms with Gasteiger partial charge in [-0.15, -0.1) is 0 Å². The van der Waals surface area contributed by atoms with Gasteiger partial charge in [-0.1, -0.05) is 12.1 Å². The maximum absolute atomic E-state index is 9.49. The molecule has 1 heterocycles. The van der Waals surface area contributed by atoms with Crippen molar-refractivity contribution in [1.29, 1.82) is 0 Å². The molecule has 1 N–H and O–H groups in total. The summed E-state index contributed by atoms with van der Waals surface area (Å²) >= 11 is 0. The number of hydrogen-bond acceptors (Lipinski definition) is 4. The Morgan fingerprint density at radius 1 is 1.05 bits per heavy atom. The summed E-state index contributed by atoms with van der Waals surface area (Å²) in [5.74, 6) is 2.72. The van der Waals surface area contributed by atoms with Crippen LogP contribution < -0.4 is 14.2 Å². The van der Waals surface area contributed by atoms with Gasteiger partial charge in [0.2, 0.25) is 0 Å². The number of phenolic OH excluding ortho intramolecular Hbond substituents is 1. The number of benzene rings is 2. The van der Waals surface area contributed by atoms with E-state index < -0.39 is 0 Å². The lowest BCUT2D eigenvalue weighted by atomic mass is 9.90.